The molecule has 18 heavy (non-hydrogen) atoms. The number of anilines is 1. The molecule has 1 aromatic rings. The van der Waals surface area contributed by atoms with E-state index in [9.17, 15) is 22.0 Å². The number of alkyl halides is 5. The number of rotatable bonds is 1. The van der Waals surface area contributed by atoms with Gasteiger partial charge in [-0.3, -0.25) is 0 Å². The SMILES string of the molecule is FC1(F)CCN(c2cc(C(F)(F)F)ncn2)CC1. The summed E-state index contributed by atoms with van der Waals surface area (Å²) in [4.78, 5) is 8.23. The molecule has 1 aliphatic rings. The van der Waals surface area contributed by atoms with Gasteiger partial charge in [-0.15, -0.1) is 0 Å². The minimum atomic E-state index is -4.56. The van der Waals surface area contributed by atoms with E-state index >= 15 is 0 Å². The van der Waals surface area contributed by atoms with E-state index in [1.54, 1.807) is 0 Å². The van der Waals surface area contributed by atoms with Gasteiger partial charge in [-0.1, -0.05) is 0 Å². The summed E-state index contributed by atoms with van der Waals surface area (Å²) in [6.07, 6.45) is -4.51. The molecule has 1 saturated heterocycles. The van der Waals surface area contributed by atoms with Crippen molar-refractivity contribution in [1.29, 1.82) is 0 Å². The van der Waals surface area contributed by atoms with Crippen molar-refractivity contribution in [2.24, 2.45) is 0 Å². The third-order valence-corrected chi connectivity index (χ3v) is 2.76. The molecule has 100 valence electrons. The zero-order valence-electron chi connectivity index (χ0n) is 9.21. The van der Waals surface area contributed by atoms with E-state index in [1.807, 2.05) is 0 Å². The van der Waals surface area contributed by atoms with Gasteiger partial charge in [-0.05, 0) is 0 Å². The molecule has 0 unspecified atom stereocenters. The van der Waals surface area contributed by atoms with E-state index in [0.717, 1.165) is 12.4 Å². The lowest BCUT2D eigenvalue weighted by Gasteiger charge is -2.32. The third-order valence-electron chi connectivity index (χ3n) is 2.76. The minimum absolute atomic E-state index is 0.0126. The predicted molar refractivity (Wildman–Crippen MR) is 53.4 cm³/mol. The highest BCUT2D eigenvalue weighted by Crippen LogP contribution is 2.32. The molecule has 8 heteroatoms. The molecule has 0 radical (unpaired) electrons. The van der Waals surface area contributed by atoms with Gasteiger partial charge in [0.15, 0.2) is 0 Å². The monoisotopic (exact) mass is 267 g/mol. The molecule has 3 nitrogen and oxygen atoms in total. The fraction of sp³-hybridized carbons (Fsp3) is 0.600. The number of hydrogen-bond acceptors (Lipinski definition) is 3. The van der Waals surface area contributed by atoms with E-state index in [2.05, 4.69) is 9.97 Å². The zero-order chi connectivity index (χ0) is 13.4. The summed E-state index contributed by atoms with van der Waals surface area (Å²) in [7, 11) is 0. The Morgan fingerprint density at radius 1 is 1.11 bits per heavy atom. The average Bonchev–Trinajstić information content (AvgIpc) is 2.28. The highest BCUT2D eigenvalue weighted by Gasteiger charge is 2.36. The molecule has 2 rings (SSSR count). The van der Waals surface area contributed by atoms with Crippen LogP contribution in [0.1, 0.15) is 18.5 Å². The van der Waals surface area contributed by atoms with Gasteiger partial charge in [0.25, 0.3) is 5.92 Å². The maximum Gasteiger partial charge on any atom is 0.433 e. The second kappa shape index (κ2) is 4.33. The van der Waals surface area contributed by atoms with Crippen LogP contribution in [-0.2, 0) is 6.18 Å². The summed E-state index contributed by atoms with van der Waals surface area (Å²) in [5.74, 6) is -2.70. The van der Waals surface area contributed by atoms with Crippen LogP contribution in [0.2, 0.25) is 0 Å². The highest BCUT2D eigenvalue weighted by molar-refractivity contribution is 5.40. The van der Waals surface area contributed by atoms with Crippen LogP contribution in [0.3, 0.4) is 0 Å². The van der Waals surface area contributed by atoms with Crippen LogP contribution < -0.4 is 4.90 Å². The lowest BCUT2D eigenvalue weighted by molar-refractivity contribution is -0.141. The van der Waals surface area contributed by atoms with Crippen molar-refractivity contribution in [3.8, 4) is 0 Å². The first-order valence-electron chi connectivity index (χ1n) is 5.30. The van der Waals surface area contributed by atoms with Crippen LogP contribution in [0.5, 0.6) is 0 Å². The number of nitrogens with zero attached hydrogens (tertiary/aromatic N) is 3. The Bertz CT molecular complexity index is 422. The van der Waals surface area contributed by atoms with Gasteiger partial charge in [-0.2, -0.15) is 13.2 Å². The van der Waals surface area contributed by atoms with E-state index < -0.39 is 17.8 Å². The van der Waals surface area contributed by atoms with E-state index in [1.165, 1.54) is 4.90 Å². The van der Waals surface area contributed by atoms with Crippen molar-refractivity contribution in [3.05, 3.63) is 18.1 Å². The van der Waals surface area contributed by atoms with Crippen molar-refractivity contribution in [3.63, 3.8) is 0 Å². The average molecular weight is 267 g/mol. The van der Waals surface area contributed by atoms with Crippen LogP contribution in [0.15, 0.2) is 12.4 Å². The number of piperidine rings is 1. The second-order valence-corrected chi connectivity index (χ2v) is 4.10. The first kappa shape index (κ1) is 13.0. The summed E-state index contributed by atoms with van der Waals surface area (Å²) in [5, 5.41) is 0. The molecule has 2 heterocycles. The number of halogens is 5. The van der Waals surface area contributed by atoms with Crippen molar-refractivity contribution >= 4 is 5.82 Å². The summed E-state index contributed by atoms with van der Waals surface area (Å²) in [6.45, 7) is -0.0252. The van der Waals surface area contributed by atoms with Crippen LogP contribution in [0, 0.1) is 0 Å². The van der Waals surface area contributed by atoms with E-state index in [4.69, 9.17) is 0 Å². The number of aromatic nitrogens is 2. The van der Waals surface area contributed by atoms with Gasteiger partial charge in [0.1, 0.15) is 17.8 Å². The van der Waals surface area contributed by atoms with Gasteiger partial charge in [0, 0.05) is 32.0 Å². The molecule has 0 spiro atoms. The molecule has 0 bridgehead atoms. The Morgan fingerprint density at radius 3 is 2.28 bits per heavy atom. The summed E-state index contributed by atoms with van der Waals surface area (Å²) < 4.78 is 63.1. The Morgan fingerprint density at radius 2 is 1.72 bits per heavy atom. The predicted octanol–water partition coefficient (Wildman–Crippen LogP) is 2.73. The van der Waals surface area contributed by atoms with Crippen molar-refractivity contribution < 1.29 is 22.0 Å². The Hall–Kier alpha value is -1.47. The Balaban J connectivity index is 2.15. The van der Waals surface area contributed by atoms with Crippen LogP contribution in [0.25, 0.3) is 0 Å². The van der Waals surface area contributed by atoms with Gasteiger partial charge in [-0.25, -0.2) is 18.7 Å². The first-order valence-corrected chi connectivity index (χ1v) is 5.30. The molecule has 0 saturated carbocycles. The number of hydrogen-bond donors (Lipinski definition) is 0. The Labute approximate surface area is 99.6 Å². The molecule has 0 N–H and O–H groups in total. The van der Waals surface area contributed by atoms with E-state index in [0.29, 0.717) is 0 Å². The molecule has 1 aromatic heterocycles. The maximum absolute atomic E-state index is 12.9. The fourth-order valence-corrected chi connectivity index (χ4v) is 1.74. The Kier molecular flexibility index (Phi) is 3.12. The molecule has 1 fully saturated rings. The van der Waals surface area contributed by atoms with Crippen LogP contribution in [-0.4, -0.2) is 29.0 Å². The second-order valence-electron chi connectivity index (χ2n) is 4.10. The van der Waals surface area contributed by atoms with Crippen LogP contribution >= 0.6 is 0 Å². The van der Waals surface area contributed by atoms with Crippen molar-refractivity contribution in [1.82, 2.24) is 9.97 Å². The standard InChI is InChI=1S/C10H10F5N3/c11-9(12)1-3-18(4-2-9)8-5-7(10(13,14)15)16-6-17-8/h5-6H,1-4H2. The van der Waals surface area contributed by atoms with E-state index in [-0.39, 0.29) is 31.7 Å². The fourth-order valence-electron chi connectivity index (χ4n) is 1.74. The van der Waals surface area contributed by atoms with Gasteiger partial charge < -0.3 is 4.90 Å². The zero-order valence-corrected chi connectivity index (χ0v) is 9.21. The molecule has 0 amide bonds. The summed E-state index contributed by atoms with van der Waals surface area (Å²) >= 11 is 0. The molecular weight excluding hydrogens is 257 g/mol. The topological polar surface area (TPSA) is 29.0 Å². The van der Waals surface area contributed by atoms with Crippen molar-refractivity contribution in [2.45, 2.75) is 24.9 Å². The lowest BCUT2D eigenvalue weighted by Crippen LogP contribution is -2.39. The quantitative estimate of drug-likeness (QED) is 0.733. The van der Waals surface area contributed by atoms with Gasteiger partial charge in [0.05, 0.1) is 0 Å². The normalized spacial score (nSPS) is 19.9. The highest BCUT2D eigenvalue weighted by atomic mass is 19.4. The smallest absolute Gasteiger partial charge is 0.356 e. The molecule has 1 aliphatic heterocycles. The maximum atomic E-state index is 12.9. The lowest BCUT2D eigenvalue weighted by atomic mass is 10.1. The van der Waals surface area contributed by atoms with Crippen LogP contribution in [0.4, 0.5) is 27.8 Å². The van der Waals surface area contributed by atoms with Crippen molar-refractivity contribution in [2.75, 3.05) is 18.0 Å². The molecule has 0 aromatic carbocycles. The first-order chi connectivity index (χ1) is 8.28. The molecular formula is C10H10F5N3. The largest absolute Gasteiger partial charge is 0.433 e. The van der Waals surface area contributed by atoms with Gasteiger partial charge >= 0.3 is 6.18 Å². The summed E-state index contributed by atoms with van der Waals surface area (Å²) in [5.41, 5.74) is -1.06. The molecule has 0 atom stereocenters. The summed E-state index contributed by atoms with van der Waals surface area (Å²) in [6, 6.07) is 0.781. The molecule has 0 aliphatic carbocycles. The van der Waals surface area contributed by atoms with Gasteiger partial charge in [0.2, 0.25) is 0 Å². The minimum Gasteiger partial charge on any atom is -0.356 e. The third kappa shape index (κ3) is 2.85.